The third-order valence-corrected chi connectivity index (χ3v) is 1.17. The maximum atomic E-state index is 5.37. The van der Waals surface area contributed by atoms with Crippen molar-refractivity contribution in [2.45, 2.75) is 19.4 Å². The molecule has 0 aromatic carbocycles. The first-order valence-electron chi connectivity index (χ1n) is 2.06. The third kappa shape index (κ3) is 1.15. The van der Waals surface area contributed by atoms with Gasteiger partial charge in [-0.3, -0.25) is 0 Å². The fourth-order valence-electron chi connectivity index (χ4n) is 0.351. The topological polar surface area (TPSA) is 26.0 Å². The van der Waals surface area contributed by atoms with E-state index in [2.05, 4.69) is 6.92 Å². The molecule has 2 atom stereocenters. The van der Waals surface area contributed by atoms with Crippen molar-refractivity contribution in [2.75, 3.05) is 0 Å². The summed E-state index contributed by atoms with van der Waals surface area (Å²) in [4.78, 5) is 0. The Kier molecular flexibility index (Phi) is 1.88. The zero-order chi connectivity index (χ0) is 3.86. The van der Waals surface area contributed by atoms with Crippen LogP contribution in [0.2, 0.25) is 0 Å². The molecule has 0 aromatic heterocycles. The monoisotopic (exact) mass is 107 g/mol. The first-order valence-corrected chi connectivity index (χ1v) is 2.06. The van der Waals surface area contributed by atoms with Crippen LogP contribution in [0.3, 0.4) is 0 Å². The van der Waals surface area contributed by atoms with Crippen molar-refractivity contribution in [2.24, 2.45) is 11.7 Å². The second-order valence-electron chi connectivity index (χ2n) is 1.88. The standard InChI is InChI=1S/C4H9N.ClH/c1-3-2-4(3)5;/h3-4H,2,5H2,1H3;1H/t3-,4-;/m1./s1. The van der Waals surface area contributed by atoms with Gasteiger partial charge in [-0.05, 0) is 12.3 Å². The van der Waals surface area contributed by atoms with Gasteiger partial charge in [-0.15, -0.1) is 12.4 Å². The van der Waals surface area contributed by atoms with Crippen LogP contribution in [0, 0.1) is 5.92 Å². The summed E-state index contributed by atoms with van der Waals surface area (Å²) in [6.07, 6.45) is 1.25. The molecule has 0 bridgehead atoms. The predicted octanol–water partition coefficient (Wildman–Crippen LogP) is 0.775. The summed E-state index contributed by atoms with van der Waals surface area (Å²) >= 11 is 0. The molecule has 0 heterocycles. The molecule has 0 amide bonds. The van der Waals surface area contributed by atoms with Gasteiger partial charge >= 0.3 is 0 Å². The lowest BCUT2D eigenvalue weighted by atomic mass is 10.5. The van der Waals surface area contributed by atoms with Gasteiger partial charge in [0.15, 0.2) is 0 Å². The van der Waals surface area contributed by atoms with Crippen molar-refractivity contribution in [3.63, 3.8) is 0 Å². The molecule has 0 unspecified atom stereocenters. The number of nitrogens with two attached hydrogens (primary N) is 1. The van der Waals surface area contributed by atoms with Gasteiger partial charge in [-0.25, -0.2) is 0 Å². The van der Waals surface area contributed by atoms with E-state index in [4.69, 9.17) is 5.73 Å². The molecule has 1 nitrogen and oxygen atoms in total. The van der Waals surface area contributed by atoms with Crippen molar-refractivity contribution in [3.05, 3.63) is 0 Å². The minimum absolute atomic E-state index is 0. The average molecular weight is 108 g/mol. The van der Waals surface area contributed by atoms with E-state index >= 15 is 0 Å². The molecule has 38 valence electrons. The Morgan fingerprint density at radius 1 is 1.67 bits per heavy atom. The highest BCUT2D eigenvalue weighted by molar-refractivity contribution is 5.85. The molecule has 0 aromatic rings. The fraction of sp³-hybridized carbons (Fsp3) is 1.00. The molecule has 0 spiro atoms. The molecular weight excluding hydrogens is 97.5 g/mol. The minimum Gasteiger partial charge on any atom is -0.327 e. The largest absolute Gasteiger partial charge is 0.327 e. The molecule has 0 aliphatic heterocycles. The molecule has 2 heteroatoms. The van der Waals surface area contributed by atoms with Crippen LogP contribution in [-0.2, 0) is 0 Å². The normalized spacial score (nSPS) is 41.0. The SMILES string of the molecule is C[C@@H]1C[C@H]1N.Cl. The van der Waals surface area contributed by atoms with Crippen LogP contribution in [0.4, 0.5) is 0 Å². The van der Waals surface area contributed by atoms with Gasteiger partial charge in [0.05, 0.1) is 0 Å². The van der Waals surface area contributed by atoms with E-state index in [-0.39, 0.29) is 12.4 Å². The third-order valence-electron chi connectivity index (χ3n) is 1.17. The van der Waals surface area contributed by atoms with Crippen LogP contribution in [0.1, 0.15) is 13.3 Å². The first-order chi connectivity index (χ1) is 2.30. The molecule has 0 radical (unpaired) electrons. The summed E-state index contributed by atoms with van der Waals surface area (Å²) in [5.74, 6) is 0.829. The van der Waals surface area contributed by atoms with E-state index in [0.29, 0.717) is 6.04 Å². The van der Waals surface area contributed by atoms with Crippen LogP contribution < -0.4 is 5.73 Å². The molecule has 1 rings (SSSR count). The summed E-state index contributed by atoms with van der Waals surface area (Å²) < 4.78 is 0. The van der Waals surface area contributed by atoms with Crippen molar-refractivity contribution in [3.8, 4) is 0 Å². The summed E-state index contributed by atoms with van der Waals surface area (Å²) in [6.45, 7) is 2.17. The minimum atomic E-state index is 0. The van der Waals surface area contributed by atoms with E-state index in [9.17, 15) is 0 Å². The Bertz CT molecular complexity index is 40.8. The number of hydrogen-bond donors (Lipinski definition) is 1. The maximum absolute atomic E-state index is 5.37. The Hall–Kier alpha value is 0.250. The summed E-state index contributed by atoms with van der Waals surface area (Å²) in [6, 6.07) is 0.551. The lowest BCUT2D eigenvalue weighted by Gasteiger charge is -1.69. The quantitative estimate of drug-likeness (QED) is 0.486. The van der Waals surface area contributed by atoms with E-state index < -0.39 is 0 Å². The van der Waals surface area contributed by atoms with E-state index in [1.54, 1.807) is 0 Å². The second-order valence-corrected chi connectivity index (χ2v) is 1.88. The van der Waals surface area contributed by atoms with Gasteiger partial charge in [0.1, 0.15) is 0 Å². The predicted molar refractivity (Wildman–Crippen MR) is 29.0 cm³/mol. The molecule has 1 fully saturated rings. The average Bonchev–Trinajstić information content (AvgIpc) is 1.79. The van der Waals surface area contributed by atoms with E-state index in [1.165, 1.54) is 6.42 Å². The van der Waals surface area contributed by atoms with Gasteiger partial charge in [-0.2, -0.15) is 0 Å². The van der Waals surface area contributed by atoms with Gasteiger partial charge in [0.2, 0.25) is 0 Å². The maximum Gasteiger partial charge on any atom is 0.00682 e. The Labute approximate surface area is 44.3 Å². The molecule has 1 aliphatic rings. The number of hydrogen-bond acceptors (Lipinski definition) is 1. The summed E-state index contributed by atoms with van der Waals surface area (Å²) in [5, 5.41) is 0. The Morgan fingerprint density at radius 3 is 1.83 bits per heavy atom. The van der Waals surface area contributed by atoms with E-state index in [1.807, 2.05) is 0 Å². The molecular formula is C4H10ClN. The highest BCUT2D eigenvalue weighted by Crippen LogP contribution is 2.25. The molecule has 1 saturated carbocycles. The van der Waals surface area contributed by atoms with Crippen molar-refractivity contribution in [1.29, 1.82) is 0 Å². The second kappa shape index (κ2) is 1.80. The zero-order valence-electron chi connectivity index (χ0n) is 3.85. The Morgan fingerprint density at radius 2 is 1.83 bits per heavy atom. The van der Waals surface area contributed by atoms with Gasteiger partial charge in [-0.1, -0.05) is 6.92 Å². The van der Waals surface area contributed by atoms with Crippen LogP contribution in [0.15, 0.2) is 0 Å². The van der Waals surface area contributed by atoms with Gasteiger partial charge in [0.25, 0.3) is 0 Å². The van der Waals surface area contributed by atoms with Crippen LogP contribution in [0.5, 0.6) is 0 Å². The first kappa shape index (κ1) is 6.25. The summed E-state index contributed by atoms with van der Waals surface area (Å²) in [5.41, 5.74) is 5.37. The van der Waals surface area contributed by atoms with Gasteiger partial charge < -0.3 is 5.73 Å². The van der Waals surface area contributed by atoms with Crippen molar-refractivity contribution >= 4 is 12.4 Å². The van der Waals surface area contributed by atoms with E-state index in [0.717, 1.165) is 5.92 Å². The van der Waals surface area contributed by atoms with Crippen molar-refractivity contribution < 1.29 is 0 Å². The lowest BCUT2D eigenvalue weighted by Crippen LogP contribution is -1.98. The molecule has 2 N–H and O–H groups in total. The smallest absolute Gasteiger partial charge is 0.00682 e. The lowest BCUT2D eigenvalue weighted by molar-refractivity contribution is 0.895. The number of rotatable bonds is 0. The summed E-state index contributed by atoms with van der Waals surface area (Å²) in [7, 11) is 0. The highest BCUT2D eigenvalue weighted by Gasteiger charge is 2.27. The molecule has 1 aliphatic carbocycles. The zero-order valence-corrected chi connectivity index (χ0v) is 4.66. The van der Waals surface area contributed by atoms with Crippen molar-refractivity contribution in [1.82, 2.24) is 0 Å². The molecule has 0 saturated heterocycles. The molecule has 6 heavy (non-hydrogen) atoms. The van der Waals surface area contributed by atoms with Crippen LogP contribution in [-0.4, -0.2) is 6.04 Å². The van der Waals surface area contributed by atoms with Crippen LogP contribution >= 0.6 is 12.4 Å². The highest BCUT2D eigenvalue weighted by atomic mass is 35.5. The fourth-order valence-corrected chi connectivity index (χ4v) is 0.351. The van der Waals surface area contributed by atoms with Crippen LogP contribution in [0.25, 0.3) is 0 Å². The Balaban J connectivity index is 0.000000250. The van der Waals surface area contributed by atoms with Gasteiger partial charge in [0, 0.05) is 6.04 Å². The number of halogens is 1.